The van der Waals surface area contributed by atoms with Gasteiger partial charge in [0.05, 0.1) is 18.9 Å². The molecule has 6 atom stereocenters. The molecule has 3 aromatic rings. The Labute approximate surface area is 576 Å². The van der Waals surface area contributed by atoms with E-state index < -0.39 is 104 Å². The molecule has 2 amide bonds. The van der Waals surface area contributed by atoms with Crippen LogP contribution in [0.15, 0.2) is 91.0 Å². The molecule has 3 aromatic carbocycles. The van der Waals surface area contributed by atoms with Crippen molar-refractivity contribution in [2.24, 2.45) is 0 Å². The summed E-state index contributed by atoms with van der Waals surface area (Å²) in [6.07, 6.45) is 26.6. The van der Waals surface area contributed by atoms with Crippen LogP contribution in [-0.2, 0) is 86.5 Å². The highest BCUT2D eigenvalue weighted by molar-refractivity contribution is 5.85. The van der Waals surface area contributed by atoms with Crippen molar-refractivity contribution in [3.05, 3.63) is 108 Å². The molecular formula is C79H122N2O15. The molecule has 1 aliphatic heterocycles. The van der Waals surface area contributed by atoms with E-state index >= 15 is 0 Å². The number of esters is 5. The van der Waals surface area contributed by atoms with Gasteiger partial charge in [-0.15, -0.1) is 0 Å². The summed E-state index contributed by atoms with van der Waals surface area (Å²) >= 11 is 0. The number of benzene rings is 3. The molecule has 0 radical (unpaired) electrons. The van der Waals surface area contributed by atoms with Gasteiger partial charge in [-0.2, -0.15) is 0 Å². The van der Waals surface area contributed by atoms with Crippen molar-refractivity contribution in [1.29, 1.82) is 0 Å². The normalized spacial score (nSPS) is 16.3. The Morgan fingerprint density at radius 3 is 1.20 bits per heavy atom. The van der Waals surface area contributed by atoms with Gasteiger partial charge in [0.2, 0.25) is 11.8 Å². The minimum Gasteiger partial charge on any atom is -0.461 e. The van der Waals surface area contributed by atoms with Crippen LogP contribution in [0.2, 0.25) is 0 Å². The topological polar surface area (TPSA) is 228 Å². The van der Waals surface area contributed by atoms with Crippen molar-refractivity contribution in [3.63, 3.8) is 0 Å². The molecule has 3 N–H and O–H groups in total. The maximum Gasteiger partial charge on any atom is 0.328 e. The third-order valence-electron chi connectivity index (χ3n) is 17.8. The number of hydrogen-bond donors (Lipinski definition) is 3. The molecule has 96 heavy (non-hydrogen) atoms. The number of carbonyl (C=O) groups excluding carboxylic acids is 7. The molecule has 0 aromatic heterocycles. The van der Waals surface area contributed by atoms with Crippen molar-refractivity contribution in [1.82, 2.24) is 10.6 Å². The summed E-state index contributed by atoms with van der Waals surface area (Å²) in [5.41, 5.74) is 2.22. The lowest BCUT2D eigenvalue weighted by Gasteiger charge is -2.44. The molecule has 17 heteroatoms. The average molecular weight is 1340 g/mol. The van der Waals surface area contributed by atoms with Crippen molar-refractivity contribution >= 4 is 41.7 Å². The monoisotopic (exact) mass is 1340 g/mol. The van der Waals surface area contributed by atoms with Crippen LogP contribution in [0, 0.1) is 0 Å². The third kappa shape index (κ3) is 39.3. The van der Waals surface area contributed by atoms with Crippen molar-refractivity contribution in [2.45, 2.75) is 340 Å². The number of aliphatic hydroxyl groups excluding tert-OH is 1. The second-order valence-electron chi connectivity index (χ2n) is 26.3. The zero-order chi connectivity index (χ0) is 68.9. The van der Waals surface area contributed by atoms with E-state index in [4.69, 9.17) is 33.2 Å². The minimum atomic E-state index is -1.75. The summed E-state index contributed by atoms with van der Waals surface area (Å²) < 4.78 is 42.3. The lowest BCUT2D eigenvalue weighted by atomic mass is 9.95. The number of amides is 2. The quantitative estimate of drug-likeness (QED) is 0.0271. The Kier molecular flexibility index (Phi) is 46.1. The first-order valence-corrected chi connectivity index (χ1v) is 37.4. The van der Waals surface area contributed by atoms with E-state index in [1.807, 2.05) is 66.7 Å². The Hall–Kier alpha value is -6.17. The Morgan fingerprint density at radius 2 is 0.792 bits per heavy atom. The molecular weight excluding hydrogens is 1220 g/mol. The van der Waals surface area contributed by atoms with Gasteiger partial charge in [0.1, 0.15) is 50.7 Å². The van der Waals surface area contributed by atoms with Gasteiger partial charge in [0.15, 0.2) is 12.4 Å². The first kappa shape index (κ1) is 82.3. The number of rotatable bonds is 57. The SMILES string of the molecule is CCCCCCCCCCCCCC(=O)N[C@H]1[C@@H](OC(CC(=O)OCc2ccccc2)CC(=O)OCc2ccccc2)O[C@H](COC(=O)[C@H](CCC(=O)OCc2ccccc2)NC(=O)CCCCCCCCCCCCC)[C@@H](O)[C@@H]1OC(=O)CCCCCCCCCCCCC. The minimum absolute atomic E-state index is 0.00314. The Morgan fingerprint density at radius 1 is 0.427 bits per heavy atom. The van der Waals surface area contributed by atoms with Crippen LogP contribution in [0.3, 0.4) is 0 Å². The van der Waals surface area contributed by atoms with Gasteiger partial charge in [-0.3, -0.25) is 28.8 Å². The molecule has 1 aliphatic rings. The largest absolute Gasteiger partial charge is 0.461 e. The van der Waals surface area contributed by atoms with Crippen LogP contribution in [0.5, 0.6) is 0 Å². The van der Waals surface area contributed by atoms with E-state index in [9.17, 15) is 38.7 Å². The van der Waals surface area contributed by atoms with Crippen LogP contribution in [0.4, 0.5) is 0 Å². The fraction of sp³-hybridized carbons (Fsp3) is 0.684. The number of unbranched alkanes of at least 4 members (excludes halogenated alkanes) is 30. The maximum absolute atomic E-state index is 14.4. The molecule has 0 saturated carbocycles. The number of hydrogen-bond acceptors (Lipinski definition) is 15. The van der Waals surface area contributed by atoms with Gasteiger partial charge < -0.3 is 48.9 Å². The second-order valence-corrected chi connectivity index (χ2v) is 26.3. The number of aliphatic hydroxyl groups is 1. The fourth-order valence-corrected chi connectivity index (χ4v) is 11.9. The third-order valence-corrected chi connectivity index (χ3v) is 17.8. The van der Waals surface area contributed by atoms with Gasteiger partial charge in [-0.25, -0.2) is 4.79 Å². The first-order chi connectivity index (χ1) is 46.9. The van der Waals surface area contributed by atoms with E-state index in [1.54, 1.807) is 24.3 Å². The Bertz CT molecular complexity index is 2460. The lowest BCUT2D eigenvalue weighted by Crippen LogP contribution is -2.66. The summed E-state index contributed by atoms with van der Waals surface area (Å²) in [5.74, 6) is -4.48. The maximum atomic E-state index is 14.4. The highest BCUT2D eigenvalue weighted by Gasteiger charge is 2.50. The lowest BCUT2D eigenvalue weighted by molar-refractivity contribution is -0.286. The van der Waals surface area contributed by atoms with Crippen LogP contribution >= 0.6 is 0 Å². The fourth-order valence-electron chi connectivity index (χ4n) is 11.9. The zero-order valence-electron chi connectivity index (χ0n) is 59.0. The van der Waals surface area contributed by atoms with Gasteiger partial charge in [-0.05, 0) is 42.4 Å². The standard InChI is InChI=1S/C79H122N2O15/c1-4-7-10-13-16-19-22-25-28-31-43-52-69(82)80-67(55-56-71(84)90-59-63-46-37-34-38-47-63)78(89)93-62-68-76(88)77(96-72(85)54-45-33-30-27-24-21-18-15-12-9-6-3)75(81-70(83)53-44-32-29-26-23-20-17-14-11-8-5-2)79(95-68)94-66(57-73(86)91-60-64-48-39-35-40-49-64)58-74(87)92-61-65-50-41-36-42-51-65/h34-42,46-51,66-68,75-77,79,88H,4-33,43-45,52-62H2,1-3H3,(H,80,82)(H,81,83)/t67-,68+,75+,76+,77+,79-/m0/s1. The van der Waals surface area contributed by atoms with Crippen molar-refractivity contribution in [2.75, 3.05) is 6.61 Å². The molecule has 1 fully saturated rings. The van der Waals surface area contributed by atoms with Gasteiger partial charge in [-0.1, -0.05) is 304 Å². The smallest absolute Gasteiger partial charge is 0.328 e. The molecule has 0 aliphatic carbocycles. The molecule has 0 unspecified atom stereocenters. The molecule has 0 bridgehead atoms. The molecule has 4 rings (SSSR count). The van der Waals surface area contributed by atoms with E-state index in [0.29, 0.717) is 19.3 Å². The Balaban J connectivity index is 1.61. The summed E-state index contributed by atoms with van der Waals surface area (Å²) in [7, 11) is 0. The van der Waals surface area contributed by atoms with Gasteiger partial charge in [0.25, 0.3) is 0 Å². The number of carbonyl (C=O) groups is 7. The molecule has 1 heterocycles. The second kappa shape index (κ2) is 53.8. The van der Waals surface area contributed by atoms with Crippen LogP contribution in [0.1, 0.15) is 294 Å². The van der Waals surface area contributed by atoms with E-state index in [0.717, 1.165) is 93.7 Å². The summed E-state index contributed by atoms with van der Waals surface area (Å²) in [5, 5.41) is 18.2. The summed E-state index contributed by atoms with van der Waals surface area (Å²) in [4.78, 5) is 97.3. The van der Waals surface area contributed by atoms with Crippen molar-refractivity contribution in [3.8, 4) is 0 Å². The molecule has 0 spiro atoms. The van der Waals surface area contributed by atoms with Gasteiger partial charge >= 0.3 is 29.8 Å². The predicted octanol–water partition coefficient (Wildman–Crippen LogP) is 16.8. The molecule has 538 valence electrons. The highest BCUT2D eigenvalue weighted by Crippen LogP contribution is 2.29. The molecule has 1 saturated heterocycles. The predicted molar refractivity (Wildman–Crippen MR) is 375 cm³/mol. The average Bonchev–Trinajstić information content (AvgIpc) is 0.796. The first-order valence-electron chi connectivity index (χ1n) is 37.4. The van der Waals surface area contributed by atoms with E-state index in [-0.39, 0.29) is 51.9 Å². The van der Waals surface area contributed by atoms with Gasteiger partial charge in [0, 0.05) is 25.7 Å². The summed E-state index contributed by atoms with van der Waals surface area (Å²) in [6.45, 7) is 5.82. The van der Waals surface area contributed by atoms with Crippen LogP contribution in [-0.4, -0.2) is 96.2 Å². The van der Waals surface area contributed by atoms with Crippen molar-refractivity contribution < 1.29 is 71.8 Å². The molecule has 17 nitrogen and oxygen atoms in total. The highest BCUT2D eigenvalue weighted by atomic mass is 16.7. The summed E-state index contributed by atoms with van der Waals surface area (Å²) in [6, 6.07) is 24.6. The van der Waals surface area contributed by atoms with Crippen LogP contribution in [0.25, 0.3) is 0 Å². The zero-order valence-corrected chi connectivity index (χ0v) is 59.0. The number of nitrogens with one attached hydrogen (secondary N) is 2. The van der Waals surface area contributed by atoms with Crippen LogP contribution < -0.4 is 10.6 Å². The number of ether oxygens (including phenoxy) is 7. The van der Waals surface area contributed by atoms with E-state index in [2.05, 4.69) is 31.4 Å². The van der Waals surface area contributed by atoms with E-state index in [1.165, 1.54) is 116 Å².